The molecule has 0 spiro atoms. The Morgan fingerprint density at radius 1 is 0.718 bits per heavy atom. The van der Waals surface area contributed by atoms with Crippen molar-refractivity contribution in [3.05, 3.63) is 138 Å². The standard InChI is InChI=1S/C30H25N5O2S2/c36-39(37,26-19-11-4-12-20-26)34(25-17-9-3-10-18-25)22-21-27-31-32-30-35(27)33-28(23-13-5-1-6-14-23)29(38-30)24-15-7-2-8-16-24/h1-20,33H,21-22H2. The van der Waals surface area contributed by atoms with Gasteiger partial charge in [-0.05, 0) is 41.6 Å². The van der Waals surface area contributed by atoms with Gasteiger partial charge >= 0.3 is 0 Å². The summed E-state index contributed by atoms with van der Waals surface area (Å²) < 4.78 is 30.6. The van der Waals surface area contributed by atoms with E-state index in [0.29, 0.717) is 23.1 Å². The average Bonchev–Trinajstić information content (AvgIpc) is 3.40. The van der Waals surface area contributed by atoms with E-state index < -0.39 is 10.0 Å². The van der Waals surface area contributed by atoms with E-state index in [9.17, 15) is 8.42 Å². The number of benzene rings is 4. The molecule has 2 heterocycles. The van der Waals surface area contributed by atoms with E-state index in [-0.39, 0.29) is 11.4 Å². The third-order valence-electron chi connectivity index (χ3n) is 6.36. The van der Waals surface area contributed by atoms with Crippen LogP contribution in [-0.4, -0.2) is 29.8 Å². The second kappa shape index (κ2) is 10.8. The number of aromatic nitrogens is 3. The molecule has 4 aromatic carbocycles. The highest BCUT2D eigenvalue weighted by molar-refractivity contribution is 8.08. The lowest BCUT2D eigenvalue weighted by atomic mass is 10.1. The molecule has 5 aromatic rings. The van der Waals surface area contributed by atoms with Gasteiger partial charge in [-0.1, -0.05) is 97.1 Å². The molecule has 1 aliphatic heterocycles. The second-order valence-electron chi connectivity index (χ2n) is 8.86. The van der Waals surface area contributed by atoms with Gasteiger partial charge in [0.25, 0.3) is 10.0 Å². The van der Waals surface area contributed by atoms with E-state index in [4.69, 9.17) is 0 Å². The number of thioether (sulfide) groups is 1. The van der Waals surface area contributed by atoms with Gasteiger partial charge in [0.2, 0.25) is 5.16 Å². The first-order valence-corrected chi connectivity index (χ1v) is 14.7. The molecule has 0 radical (unpaired) electrons. The number of nitrogens with zero attached hydrogens (tertiary/aromatic N) is 4. The van der Waals surface area contributed by atoms with Gasteiger partial charge in [0, 0.05) is 23.4 Å². The Balaban J connectivity index is 1.33. The quantitative estimate of drug-likeness (QED) is 0.259. The van der Waals surface area contributed by atoms with Crippen LogP contribution in [0, 0.1) is 0 Å². The second-order valence-corrected chi connectivity index (χ2v) is 11.7. The number of para-hydroxylation sites is 1. The van der Waals surface area contributed by atoms with Crippen molar-refractivity contribution >= 4 is 38.1 Å². The summed E-state index contributed by atoms with van der Waals surface area (Å²) in [4.78, 5) is 1.29. The molecule has 0 fully saturated rings. The summed E-state index contributed by atoms with van der Waals surface area (Å²) in [5.74, 6) is 0.641. The molecule has 0 bridgehead atoms. The molecule has 39 heavy (non-hydrogen) atoms. The highest BCUT2D eigenvalue weighted by Crippen LogP contribution is 2.42. The van der Waals surface area contributed by atoms with Crippen molar-refractivity contribution in [2.24, 2.45) is 0 Å². The Morgan fingerprint density at radius 2 is 1.28 bits per heavy atom. The van der Waals surface area contributed by atoms with Crippen LogP contribution < -0.4 is 9.73 Å². The topological polar surface area (TPSA) is 80.1 Å². The van der Waals surface area contributed by atoms with Crippen molar-refractivity contribution in [2.75, 3.05) is 16.3 Å². The van der Waals surface area contributed by atoms with E-state index in [0.717, 1.165) is 21.7 Å². The van der Waals surface area contributed by atoms with Gasteiger partial charge in [0.05, 0.1) is 16.3 Å². The van der Waals surface area contributed by atoms with Crippen LogP contribution in [0.3, 0.4) is 0 Å². The minimum Gasteiger partial charge on any atom is -0.289 e. The Hall–Kier alpha value is -4.34. The Kier molecular flexibility index (Phi) is 6.91. The van der Waals surface area contributed by atoms with Gasteiger partial charge < -0.3 is 0 Å². The summed E-state index contributed by atoms with van der Waals surface area (Å²) in [6, 6.07) is 37.9. The molecule has 0 saturated carbocycles. The summed E-state index contributed by atoms with van der Waals surface area (Å²) in [5, 5.41) is 9.59. The first-order chi connectivity index (χ1) is 19.1. The number of rotatable bonds is 8. The number of sulfonamides is 1. The van der Waals surface area contributed by atoms with Gasteiger partial charge in [0.15, 0.2) is 5.82 Å². The van der Waals surface area contributed by atoms with E-state index in [1.807, 2.05) is 59.3 Å². The summed E-state index contributed by atoms with van der Waals surface area (Å²) >= 11 is 1.54. The van der Waals surface area contributed by atoms with Crippen LogP contribution in [0.15, 0.2) is 131 Å². The lowest BCUT2D eigenvalue weighted by molar-refractivity contribution is 0.589. The van der Waals surface area contributed by atoms with Crippen molar-refractivity contribution in [1.82, 2.24) is 14.9 Å². The predicted molar refractivity (Wildman–Crippen MR) is 156 cm³/mol. The predicted octanol–water partition coefficient (Wildman–Crippen LogP) is 5.89. The van der Waals surface area contributed by atoms with Crippen molar-refractivity contribution in [3.8, 4) is 0 Å². The van der Waals surface area contributed by atoms with Crippen molar-refractivity contribution in [1.29, 1.82) is 0 Å². The number of fused-ring (bicyclic) bond motifs is 1. The molecule has 194 valence electrons. The smallest absolute Gasteiger partial charge is 0.264 e. The normalized spacial score (nSPS) is 13.0. The minimum atomic E-state index is -3.79. The van der Waals surface area contributed by atoms with Crippen LogP contribution in [0.25, 0.3) is 10.6 Å². The van der Waals surface area contributed by atoms with Crippen LogP contribution in [-0.2, 0) is 16.4 Å². The number of nitrogens with one attached hydrogen (secondary N) is 1. The number of anilines is 1. The third kappa shape index (κ3) is 5.06. The average molecular weight is 552 g/mol. The van der Waals surface area contributed by atoms with Gasteiger partial charge in [-0.3, -0.25) is 9.73 Å². The SMILES string of the molecule is O=S(=O)(c1ccccc1)N(CCc1nnc2n1NC(c1ccccc1)=C(c1ccccc1)S2)c1ccccc1. The van der Waals surface area contributed by atoms with Gasteiger partial charge in [-0.2, -0.15) is 0 Å². The minimum absolute atomic E-state index is 0.196. The van der Waals surface area contributed by atoms with Crippen molar-refractivity contribution < 1.29 is 8.42 Å². The maximum Gasteiger partial charge on any atom is 0.264 e. The van der Waals surface area contributed by atoms with E-state index in [1.54, 1.807) is 54.2 Å². The molecule has 1 aliphatic rings. The molecule has 1 aromatic heterocycles. The molecule has 0 saturated heterocycles. The van der Waals surface area contributed by atoms with Crippen LogP contribution in [0.2, 0.25) is 0 Å². The van der Waals surface area contributed by atoms with Crippen molar-refractivity contribution in [3.63, 3.8) is 0 Å². The Labute approximate surface area is 231 Å². The van der Waals surface area contributed by atoms with Gasteiger partial charge in [-0.25, -0.2) is 13.1 Å². The van der Waals surface area contributed by atoms with E-state index in [1.165, 1.54) is 4.31 Å². The molecule has 1 N–H and O–H groups in total. The fourth-order valence-corrected chi connectivity index (χ4v) is 6.95. The lowest BCUT2D eigenvalue weighted by Crippen LogP contribution is -2.34. The maximum atomic E-state index is 13.7. The van der Waals surface area contributed by atoms with E-state index in [2.05, 4.69) is 39.9 Å². The third-order valence-corrected chi connectivity index (χ3v) is 9.29. The lowest BCUT2D eigenvalue weighted by Gasteiger charge is -2.26. The van der Waals surface area contributed by atoms with Crippen molar-refractivity contribution in [2.45, 2.75) is 16.5 Å². The Morgan fingerprint density at radius 3 is 1.92 bits per heavy atom. The fourth-order valence-electron chi connectivity index (χ4n) is 4.44. The molecule has 6 rings (SSSR count). The number of hydrogen-bond donors (Lipinski definition) is 1. The fraction of sp³-hybridized carbons (Fsp3) is 0.0667. The molecular formula is C30H25N5O2S2. The van der Waals surface area contributed by atoms with Crippen LogP contribution in [0.1, 0.15) is 17.0 Å². The van der Waals surface area contributed by atoms with Gasteiger partial charge in [0.1, 0.15) is 0 Å². The molecule has 0 amide bonds. The highest BCUT2D eigenvalue weighted by Gasteiger charge is 2.28. The molecule has 0 atom stereocenters. The van der Waals surface area contributed by atoms with Gasteiger partial charge in [-0.15, -0.1) is 10.2 Å². The zero-order chi connectivity index (χ0) is 26.7. The summed E-state index contributed by atoms with van der Waals surface area (Å²) in [6.45, 7) is 0.196. The number of hydrogen-bond acceptors (Lipinski definition) is 6. The first kappa shape index (κ1) is 25.0. The van der Waals surface area contributed by atoms with E-state index >= 15 is 0 Å². The van der Waals surface area contributed by atoms with Crippen LogP contribution in [0.4, 0.5) is 5.69 Å². The molecule has 7 nitrogen and oxygen atoms in total. The summed E-state index contributed by atoms with van der Waals surface area (Å²) in [7, 11) is -3.79. The van der Waals surface area contributed by atoms with Crippen LogP contribution in [0.5, 0.6) is 0 Å². The monoisotopic (exact) mass is 551 g/mol. The van der Waals surface area contributed by atoms with Crippen LogP contribution >= 0.6 is 11.8 Å². The summed E-state index contributed by atoms with van der Waals surface area (Å²) in [5.41, 5.74) is 7.18. The first-order valence-electron chi connectivity index (χ1n) is 12.5. The molecule has 0 aliphatic carbocycles. The molecular weight excluding hydrogens is 526 g/mol. The summed E-state index contributed by atoms with van der Waals surface area (Å²) in [6.07, 6.45) is 0.351. The zero-order valence-corrected chi connectivity index (χ0v) is 22.5. The Bertz CT molecular complexity index is 1710. The molecule has 0 unspecified atom stereocenters. The maximum absolute atomic E-state index is 13.7. The zero-order valence-electron chi connectivity index (χ0n) is 20.9. The highest BCUT2D eigenvalue weighted by atomic mass is 32.2. The largest absolute Gasteiger partial charge is 0.289 e. The molecule has 9 heteroatoms.